The Morgan fingerprint density at radius 2 is 1.57 bits per heavy atom. The Morgan fingerprint density at radius 1 is 0.973 bits per heavy atom. The molecule has 0 bridgehead atoms. The fourth-order valence-corrected chi connectivity index (χ4v) is 6.30. The van der Waals surface area contributed by atoms with Crippen LogP contribution in [0.15, 0.2) is 77.7 Å². The molecule has 1 aliphatic rings. The van der Waals surface area contributed by atoms with Crippen LogP contribution in [-0.4, -0.2) is 34.0 Å². The van der Waals surface area contributed by atoms with Gasteiger partial charge in [0.2, 0.25) is 5.91 Å². The minimum atomic E-state index is -3.94. The van der Waals surface area contributed by atoms with Crippen LogP contribution < -0.4 is 14.5 Å². The van der Waals surface area contributed by atoms with Crippen molar-refractivity contribution in [2.45, 2.75) is 51.5 Å². The van der Waals surface area contributed by atoms with E-state index < -0.39 is 10.0 Å². The number of carbonyl (C=O) groups excluding carboxylic acids is 1. The van der Waals surface area contributed by atoms with E-state index in [9.17, 15) is 13.2 Å². The van der Waals surface area contributed by atoms with E-state index in [-0.39, 0.29) is 23.4 Å². The first-order chi connectivity index (χ1) is 17.6. The van der Waals surface area contributed by atoms with E-state index >= 15 is 0 Å². The van der Waals surface area contributed by atoms with Crippen molar-refractivity contribution in [1.82, 2.24) is 5.32 Å². The predicted molar refractivity (Wildman–Crippen MR) is 151 cm³/mol. The first kappa shape index (κ1) is 26.7. The highest BCUT2D eigenvalue weighted by Crippen LogP contribution is 2.27. The minimum absolute atomic E-state index is 0.151. The molecule has 1 fully saturated rings. The highest BCUT2D eigenvalue weighted by molar-refractivity contribution is 7.92. The Balaban J connectivity index is 1.50. The summed E-state index contributed by atoms with van der Waals surface area (Å²) in [6.45, 7) is 9.88. The molecule has 37 heavy (non-hydrogen) atoms. The molecular formula is C30H37N3O3S. The van der Waals surface area contributed by atoms with Crippen LogP contribution in [0.5, 0.6) is 0 Å². The Bertz CT molecular complexity index is 1300. The Kier molecular flexibility index (Phi) is 8.22. The lowest BCUT2D eigenvalue weighted by molar-refractivity contribution is -0.120. The molecule has 0 saturated carbocycles. The molecule has 1 atom stereocenters. The average molecular weight is 520 g/mol. The van der Waals surface area contributed by atoms with E-state index in [0.29, 0.717) is 5.69 Å². The smallest absolute Gasteiger partial charge is 0.264 e. The molecule has 1 amide bonds. The molecule has 3 aromatic carbocycles. The molecule has 0 aliphatic carbocycles. The lowest BCUT2D eigenvalue weighted by Gasteiger charge is -2.32. The Hall–Kier alpha value is -3.32. The second-order valence-corrected chi connectivity index (χ2v) is 12.1. The van der Waals surface area contributed by atoms with Gasteiger partial charge < -0.3 is 10.2 Å². The normalized spacial score (nSPS) is 15.3. The average Bonchev–Trinajstić information content (AvgIpc) is 2.87. The van der Waals surface area contributed by atoms with Gasteiger partial charge in [0.25, 0.3) is 10.0 Å². The molecule has 0 aromatic heterocycles. The molecule has 1 unspecified atom stereocenters. The molecule has 0 spiro atoms. The second-order valence-electron chi connectivity index (χ2n) is 10.2. The monoisotopic (exact) mass is 519 g/mol. The number of aryl methyl sites for hydroxylation is 2. The predicted octanol–water partition coefficient (Wildman–Crippen LogP) is 5.61. The zero-order valence-electron chi connectivity index (χ0n) is 22.1. The topological polar surface area (TPSA) is 69.7 Å². The summed E-state index contributed by atoms with van der Waals surface area (Å²) in [4.78, 5) is 15.7. The molecule has 1 aliphatic heterocycles. The van der Waals surface area contributed by atoms with Crippen LogP contribution in [0.3, 0.4) is 0 Å². The summed E-state index contributed by atoms with van der Waals surface area (Å²) in [7, 11) is -3.94. The third-order valence-corrected chi connectivity index (χ3v) is 8.82. The largest absolute Gasteiger partial charge is 0.372 e. The van der Waals surface area contributed by atoms with Crippen molar-refractivity contribution in [3.05, 3.63) is 89.5 Å². The number of piperidine rings is 1. The van der Waals surface area contributed by atoms with E-state index in [1.165, 1.54) is 22.8 Å². The summed E-state index contributed by atoms with van der Waals surface area (Å²) in [6.07, 6.45) is 2.41. The van der Waals surface area contributed by atoms with Crippen LogP contribution in [0.2, 0.25) is 0 Å². The van der Waals surface area contributed by atoms with Gasteiger partial charge in [0.1, 0.15) is 6.54 Å². The van der Waals surface area contributed by atoms with E-state index in [4.69, 9.17) is 0 Å². The van der Waals surface area contributed by atoms with E-state index in [0.717, 1.165) is 35.7 Å². The van der Waals surface area contributed by atoms with Crippen LogP contribution in [0.25, 0.3) is 0 Å². The standard InChI is InChI=1S/C30H37N3O3S/c1-22-14-16-32(17-15-22)27-12-10-26(11-13-27)25(4)31-30(34)21-33(28-19-23(2)18-24(3)20-28)37(35,36)29-8-6-5-7-9-29/h5-13,18-20,22,25H,14-17,21H2,1-4H3,(H,31,34). The molecule has 196 valence electrons. The number of nitrogens with one attached hydrogen (secondary N) is 1. The van der Waals surface area contributed by atoms with Gasteiger partial charge in [-0.25, -0.2) is 8.42 Å². The first-order valence-electron chi connectivity index (χ1n) is 12.9. The van der Waals surface area contributed by atoms with E-state index in [1.54, 1.807) is 42.5 Å². The van der Waals surface area contributed by atoms with Crippen LogP contribution in [0.1, 0.15) is 49.4 Å². The summed E-state index contributed by atoms with van der Waals surface area (Å²) in [5, 5.41) is 3.00. The van der Waals surface area contributed by atoms with Crippen LogP contribution in [-0.2, 0) is 14.8 Å². The van der Waals surface area contributed by atoms with Crippen molar-refractivity contribution >= 4 is 27.3 Å². The van der Waals surface area contributed by atoms with Crippen LogP contribution in [0, 0.1) is 19.8 Å². The summed E-state index contributed by atoms with van der Waals surface area (Å²) >= 11 is 0. The number of anilines is 2. The molecular weight excluding hydrogens is 482 g/mol. The third kappa shape index (κ3) is 6.52. The fraction of sp³-hybridized carbons (Fsp3) is 0.367. The lowest BCUT2D eigenvalue weighted by atomic mass is 9.98. The van der Waals surface area contributed by atoms with E-state index in [2.05, 4.69) is 29.3 Å². The number of rotatable bonds is 8. The highest BCUT2D eigenvalue weighted by atomic mass is 32.2. The summed E-state index contributed by atoms with van der Waals surface area (Å²) in [5.41, 5.74) is 4.51. The van der Waals surface area contributed by atoms with Gasteiger partial charge in [0.15, 0.2) is 0 Å². The molecule has 0 radical (unpaired) electrons. The van der Waals surface area contributed by atoms with Crippen LogP contribution in [0.4, 0.5) is 11.4 Å². The maximum atomic E-state index is 13.6. The van der Waals surface area contributed by atoms with Gasteiger partial charge in [-0.15, -0.1) is 0 Å². The van der Waals surface area contributed by atoms with Crippen molar-refractivity contribution in [3.63, 3.8) is 0 Å². The van der Waals surface area contributed by atoms with Gasteiger partial charge in [0, 0.05) is 18.8 Å². The number of hydrogen-bond donors (Lipinski definition) is 1. The zero-order valence-corrected chi connectivity index (χ0v) is 23.0. The molecule has 1 heterocycles. The van der Waals surface area contributed by atoms with Crippen molar-refractivity contribution in [2.24, 2.45) is 5.92 Å². The van der Waals surface area contributed by atoms with Gasteiger partial charge in [-0.2, -0.15) is 0 Å². The molecule has 3 aromatic rings. The number of carbonyl (C=O) groups is 1. The highest BCUT2D eigenvalue weighted by Gasteiger charge is 2.28. The number of nitrogens with zero attached hydrogens (tertiary/aromatic N) is 2. The summed E-state index contributed by atoms with van der Waals surface area (Å²) in [5.74, 6) is 0.417. The number of benzene rings is 3. The van der Waals surface area contributed by atoms with Gasteiger partial charge in [-0.05, 0) is 92.6 Å². The van der Waals surface area contributed by atoms with E-state index in [1.807, 2.05) is 39.0 Å². The SMILES string of the molecule is Cc1cc(C)cc(N(CC(=O)NC(C)c2ccc(N3CCC(C)CC3)cc2)S(=O)(=O)c2ccccc2)c1. The molecule has 4 rings (SSSR count). The third-order valence-electron chi connectivity index (χ3n) is 7.03. The minimum Gasteiger partial charge on any atom is -0.372 e. The molecule has 7 heteroatoms. The summed E-state index contributed by atoms with van der Waals surface area (Å²) < 4.78 is 28.4. The Labute approximate surface area is 221 Å². The number of hydrogen-bond acceptors (Lipinski definition) is 4. The van der Waals surface area contributed by atoms with Crippen molar-refractivity contribution in [1.29, 1.82) is 0 Å². The second kappa shape index (κ2) is 11.4. The number of amides is 1. The first-order valence-corrected chi connectivity index (χ1v) is 14.4. The Morgan fingerprint density at radius 3 is 2.16 bits per heavy atom. The molecule has 1 saturated heterocycles. The fourth-order valence-electron chi connectivity index (χ4n) is 4.87. The summed E-state index contributed by atoms with van der Waals surface area (Å²) in [6, 6.07) is 21.8. The number of sulfonamides is 1. The molecule has 6 nitrogen and oxygen atoms in total. The molecule has 1 N–H and O–H groups in total. The maximum absolute atomic E-state index is 13.6. The van der Waals surface area contributed by atoms with Crippen molar-refractivity contribution in [2.75, 3.05) is 28.8 Å². The van der Waals surface area contributed by atoms with Gasteiger partial charge in [-0.3, -0.25) is 9.10 Å². The zero-order chi connectivity index (χ0) is 26.6. The van der Waals surface area contributed by atoms with Crippen LogP contribution >= 0.6 is 0 Å². The van der Waals surface area contributed by atoms with Crippen molar-refractivity contribution in [3.8, 4) is 0 Å². The quantitative estimate of drug-likeness (QED) is 0.420. The maximum Gasteiger partial charge on any atom is 0.264 e. The lowest BCUT2D eigenvalue weighted by Crippen LogP contribution is -2.41. The van der Waals surface area contributed by atoms with Crippen molar-refractivity contribution < 1.29 is 13.2 Å². The van der Waals surface area contributed by atoms with Gasteiger partial charge >= 0.3 is 0 Å². The van der Waals surface area contributed by atoms with Gasteiger partial charge in [0.05, 0.1) is 16.6 Å². The van der Waals surface area contributed by atoms with Gasteiger partial charge in [-0.1, -0.05) is 43.3 Å².